The Morgan fingerprint density at radius 1 is 1.15 bits per heavy atom. The van der Waals surface area contributed by atoms with Crippen molar-refractivity contribution in [1.82, 2.24) is 29.2 Å². The summed E-state index contributed by atoms with van der Waals surface area (Å²) in [7, 11) is 2.01. The molecule has 0 amide bonds. The Bertz CT molecular complexity index is 879. The fraction of sp³-hybridized carbons (Fsp3) is 0.450. The number of imidazole rings is 1. The van der Waals surface area contributed by atoms with Crippen molar-refractivity contribution in [3.8, 4) is 11.4 Å². The van der Waals surface area contributed by atoms with Crippen LogP contribution in [-0.4, -0.2) is 42.3 Å². The molecule has 4 heterocycles. The van der Waals surface area contributed by atoms with Crippen molar-refractivity contribution in [3.05, 3.63) is 53.9 Å². The predicted octanol–water partition coefficient (Wildman–Crippen LogP) is 3.13. The second kappa shape index (κ2) is 7.03. The normalized spacial score (nSPS) is 18.3. The molecule has 26 heavy (non-hydrogen) atoms. The first-order chi connectivity index (χ1) is 12.6. The summed E-state index contributed by atoms with van der Waals surface area (Å²) >= 11 is 0. The molecule has 0 saturated carbocycles. The molecule has 6 heteroatoms. The molecule has 1 aliphatic rings. The van der Waals surface area contributed by atoms with Crippen molar-refractivity contribution < 1.29 is 0 Å². The first kappa shape index (κ1) is 17.0. The van der Waals surface area contributed by atoms with E-state index in [9.17, 15) is 0 Å². The molecule has 1 unspecified atom stereocenters. The zero-order chi connectivity index (χ0) is 18.1. The van der Waals surface area contributed by atoms with Crippen molar-refractivity contribution in [3.63, 3.8) is 0 Å². The Morgan fingerprint density at radius 3 is 2.69 bits per heavy atom. The average Bonchev–Trinajstić information content (AvgIpc) is 3.20. The highest BCUT2D eigenvalue weighted by Crippen LogP contribution is 2.30. The van der Waals surface area contributed by atoms with Crippen molar-refractivity contribution in [2.75, 3.05) is 13.1 Å². The number of hydrogen-bond donors (Lipinski definition) is 0. The Labute approximate surface area is 154 Å². The zero-order valence-corrected chi connectivity index (χ0v) is 15.8. The minimum Gasteiger partial charge on any atom is -0.324 e. The molecule has 1 fully saturated rings. The van der Waals surface area contributed by atoms with Gasteiger partial charge in [0.05, 0.1) is 6.20 Å². The van der Waals surface area contributed by atoms with Crippen LogP contribution in [0.25, 0.3) is 11.4 Å². The van der Waals surface area contributed by atoms with Crippen molar-refractivity contribution in [2.24, 2.45) is 7.05 Å². The van der Waals surface area contributed by atoms with Crippen LogP contribution in [0.3, 0.4) is 0 Å². The molecule has 3 aromatic heterocycles. The summed E-state index contributed by atoms with van der Waals surface area (Å²) in [4.78, 5) is 11.4. The van der Waals surface area contributed by atoms with Crippen molar-refractivity contribution in [1.29, 1.82) is 0 Å². The molecule has 6 nitrogen and oxygen atoms in total. The van der Waals surface area contributed by atoms with Gasteiger partial charge in [0.1, 0.15) is 5.82 Å². The Kier molecular flexibility index (Phi) is 4.59. The molecule has 0 spiro atoms. The maximum atomic E-state index is 4.69. The minimum atomic E-state index is 0.450. The van der Waals surface area contributed by atoms with Gasteiger partial charge in [-0.05, 0) is 45.4 Å². The first-order valence-electron chi connectivity index (χ1n) is 9.27. The van der Waals surface area contributed by atoms with E-state index in [1.807, 2.05) is 48.6 Å². The number of nitrogens with zero attached hydrogens (tertiary/aromatic N) is 6. The summed E-state index contributed by atoms with van der Waals surface area (Å²) in [5.41, 5.74) is 4.93. The van der Waals surface area contributed by atoms with Gasteiger partial charge in [0.25, 0.3) is 0 Å². The van der Waals surface area contributed by atoms with Crippen LogP contribution < -0.4 is 0 Å². The highest BCUT2D eigenvalue weighted by Gasteiger charge is 2.25. The molecule has 136 valence electrons. The van der Waals surface area contributed by atoms with Crippen molar-refractivity contribution in [2.45, 2.75) is 39.3 Å². The molecule has 1 aliphatic heterocycles. The summed E-state index contributed by atoms with van der Waals surface area (Å²) < 4.78 is 4.37. The topological polar surface area (TPSA) is 51.8 Å². The maximum Gasteiger partial charge on any atom is 0.140 e. The highest BCUT2D eigenvalue weighted by molar-refractivity contribution is 5.55. The van der Waals surface area contributed by atoms with Crippen LogP contribution in [0.4, 0.5) is 0 Å². The summed E-state index contributed by atoms with van der Waals surface area (Å²) in [6, 6.07) is 4.53. The van der Waals surface area contributed by atoms with Gasteiger partial charge in [0.2, 0.25) is 0 Å². The summed E-state index contributed by atoms with van der Waals surface area (Å²) in [6.45, 7) is 7.45. The van der Waals surface area contributed by atoms with E-state index in [0.29, 0.717) is 6.04 Å². The molecule has 0 bridgehead atoms. The number of aryl methyl sites for hydroxylation is 2. The van der Waals surface area contributed by atoms with Gasteiger partial charge in [-0.2, -0.15) is 5.10 Å². The Balaban J connectivity index is 1.57. The summed E-state index contributed by atoms with van der Waals surface area (Å²) in [5, 5.41) is 4.39. The lowest BCUT2D eigenvalue weighted by Gasteiger charge is -2.34. The van der Waals surface area contributed by atoms with Gasteiger partial charge >= 0.3 is 0 Å². The fourth-order valence-electron chi connectivity index (χ4n) is 3.95. The van der Waals surface area contributed by atoms with Gasteiger partial charge in [-0.1, -0.05) is 0 Å². The van der Waals surface area contributed by atoms with E-state index in [1.54, 1.807) is 0 Å². The van der Waals surface area contributed by atoms with E-state index < -0.39 is 0 Å². The molecule has 0 radical (unpaired) electrons. The molecule has 0 N–H and O–H groups in total. The number of pyridine rings is 1. The number of likely N-dealkylation sites (tertiary alicyclic amines) is 1. The van der Waals surface area contributed by atoms with E-state index >= 15 is 0 Å². The maximum absolute atomic E-state index is 4.69. The van der Waals surface area contributed by atoms with E-state index in [1.165, 1.54) is 29.8 Å². The lowest BCUT2D eigenvalue weighted by atomic mass is 10.0. The lowest BCUT2D eigenvalue weighted by molar-refractivity contribution is 0.169. The summed E-state index contributed by atoms with van der Waals surface area (Å²) in [6.07, 6.45) is 10.1. The number of rotatable bonds is 4. The monoisotopic (exact) mass is 350 g/mol. The van der Waals surface area contributed by atoms with Gasteiger partial charge in [0, 0.05) is 67.3 Å². The van der Waals surface area contributed by atoms with E-state index in [0.717, 1.165) is 31.0 Å². The van der Waals surface area contributed by atoms with Crippen LogP contribution in [0.2, 0.25) is 0 Å². The Morgan fingerprint density at radius 2 is 1.96 bits per heavy atom. The molecule has 0 aliphatic carbocycles. The third kappa shape index (κ3) is 3.17. The number of aromatic nitrogens is 5. The van der Waals surface area contributed by atoms with Crippen LogP contribution in [0, 0.1) is 13.8 Å². The van der Waals surface area contributed by atoms with Crippen LogP contribution in [0.5, 0.6) is 0 Å². The Hall–Kier alpha value is -2.47. The average molecular weight is 350 g/mol. The standard InChI is InChI=1S/C20H26N6/c1-15-11-22-20(17-6-8-21-9-7-17)26(15)19-5-4-10-25(14-19)13-18-12-23-24(3)16(18)2/h6-9,11-12,19H,4-5,10,13-14H2,1-3H3. The van der Waals surface area contributed by atoms with Crippen LogP contribution in [0.15, 0.2) is 36.9 Å². The largest absolute Gasteiger partial charge is 0.324 e. The predicted molar refractivity (Wildman–Crippen MR) is 102 cm³/mol. The third-order valence-corrected chi connectivity index (χ3v) is 5.50. The second-order valence-electron chi connectivity index (χ2n) is 7.24. The smallest absolute Gasteiger partial charge is 0.140 e. The van der Waals surface area contributed by atoms with E-state index in [4.69, 9.17) is 4.98 Å². The van der Waals surface area contributed by atoms with Gasteiger partial charge < -0.3 is 4.57 Å². The molecule has 0 aromatic carbocycles. The highest BCUT2D eigenvalue weighted by atomic mass is 15.3. The van der Waals surface area contributed by atoms with Gasteiger partial charge in [-0.25, -0.2) is 4.98 Å². The third-order valence-electron chi connectivity index (χ3n) is 5.50. The second-order valence-corrected chi connectivity index (χ2v) is 7.24. The van der Waals surface area contributed by atoms with Gasteiger partial charge in [-0.15, -0.1) is 0 Å². The number of hydrogen-bond acceptors (Lipinski definition) is 4. The lowest BCUT2D eigenvalue weighted by Crippen LogP contribution is -2.36. The molecule has 1 atom stereocenters. The number of piperidine rings is 1. The molecule has 1 saturated heterocycles. The SMILES string of the molecule is Cc1c(CN2CCCC(n3c(C)cnc3-c3ccncc3)C2)cnn1C. The van der Waals surface area contributed by atoms with Crippen LogP contribution in [0.1, 0.15) is 35.8 Å². The van der Waals surface area contributed by atoms with Crippen LogP contribution in [-0.2, 0) is 13.6 Å². The van der Waals surface area contributed by atoms with E-state index in [-0.39, 0.29) is 0 Å². The van der Waals surface area contributed by atoms with Gasteiger partial charge in [-0.3, -0.25) is 14.6 Å². The fourth-order valence-corrected chi connectivity index (χ4v) is 3.95. The molecular weight excluding hydrogens is 324 g/mol. The van der Waals surface area contributed by atoms with Crippen molar-refractivity contribution >= 4 is 0 Å². The minimum absolute atomic E-state index is 0.450. The van der Waals surface area contributed by atoms with E-state index in [2.05, 4.69) is 33.4 Å². The molecule has 3 aromatic rings. The molecule has 4 rings (SSSR count). The summed E-state index contributed by atoms with van der Waals surface area (Å²) in [5.74, 6) is 1.05. The quantitative estimate of drug-likeness (QED) is 0.725. The first-order valence-corrected chi connectivity index (χ1v) is 9.27. The van der Waals surface area contributed by atoms with Crippen LogP contribution >= 0.6 is 0 Å². The molecular formula is C20H26N6. The zero-order valence-electron chi connectivity index (χ0n) is 15.8. The van der Waals surface area contributed by atoms with Gasteiger partial charge in [0.15, 0.2) is 0 Å².